The van der Waals surface area contributed by atoms with Crippen molar-refractivity contribution in [2.45, 2.75) is 20.4 Å². The van der Waals surface area contributed by atoms with E-state index in [0.717, 1.165) is 22.4 Å². The molecule has 0 radical (unpaired) electrons. The van der Waals surface area contributed by atoms with Gasteiger partial charge in [0.15, 0.2) is 0 Å². The van der Waals surface area contributed by atoms with Gasteiger partial charge in [0, 0.05) is 33.4 Å². The zero-order valence-electron chi connectivity index (χ0n) is 14.4. The minimum Gasteiger partial charge on any atom is -0.507 e. The van der Waals surface area contributed by atoms with Crippen molar-refractivity contribution in [1.29, 1.82) is 0 Å². The van der Waals surface area contributed by atoms with Crippen LogP contribution in [0.15, 0.2) is 36.4 Å². The molecule has 2 aromatic rings. The fourth-order valence-electron chi connectivity index (χ4n) is 2.42. The lowest BCUT2D eigenvalue weighted by Gasteiger charge is -2.20. The molecule has 0 fully saturated rings. The number of hydrogen-bond donors (Lipinski definition) is 1. The van der Waals surface area contributed by atoms with Crippen molar-refractivity contribution in [3.63, 3.8) is 0 Å². The normalized spacial score (nSPS) is 10.5. The van der Waals surface area contributed by atoms with E-state index >= 15 is 0 Å². The smallest absolute Gasteiger partial charge is 0.257 e. The SMILES string of the molecule is Cc1ccc(C(=O)N(C)Cc2ccc(N(C)C)cc2)c(O)c1C. The van der Waals surface area contributed by atoms with Crippen LogP contribution in [-0.4, -0.2) is 37.1 Å². The van der Waals surface area contributed by atoms with Gasteiger partial charge in [0.25, 0.3) is 5.91 Å². The van der Waals surface area contributed by atoms with E-state index in [9.17, 15) is 9.90 Å². The van der Waals surface area contributed by atoms with Crippen molar-refractivity contribution in [2.75, 3.05) is 26.0 Å². The highest BCUT2D eigenvalue weighted by Crippen LogP contribution is 2.26. The van der Waals surface area contributed by atoms with Crippen LogP contribution >= 0.6 is 0 Å². The van der Waals surface area contributed by atoms with Gasteiger partial charge in [-0.25, -0.2) is 0 Å². The zero-order valence-corrected chi connectivity index (χ0v) is 14.4. The number of amides is 1. The predicted octanol–water partition coefficient (Wildman–Crippen LogP) is 3.35. The number of phenolic OH excluding ortho intramolecular Hbond substituents is 1. The molecule has 1 amide bonds. The molecule has 0 unspecified atom stereocenters. The first-order valence-electron chi connectivity index (χ1n) is 7.62. The molecule has 0 aliphatic rings. The number of hydrogen-bond acceptors (Lipinski definition) is 3. The summed E-state index contributed by atoms with van der Waals surface area (Å²) in [6, 6.07) is 11.6. The molecule has 0 aliphatic heterocycles. The molecule has 122 valence electrons. The Morgan fingerprint density at radius 1 is 1.00 bits per heavy atom. The van der Waals surface area contributed by atoms with E-state index < -0.39 is 0 Å². The molecule has 0 spiro atoms. The third-order valence-electron chi connectivity index (χ3n) is 4.15. The molecular weight excluding hydrogens is 288 g/mol. The largest absolute Gasteiger partial charge is 0.507 e. The number of benzene rings is 2. The van der Waals surface area contributed by atoms with E-state index in [4.69, 9.17) is 0 Å². The number of nitrogens with zero attached hydrogens (tertiary/aromatic N) is 2. The summed E-state index contributed by atoms with van der Waals surface area (Å²) < 4.78 is 0. The number of carbonyl (C=O) groups is 1. The van der Waals surface area contributed by atoms with Crippen molar-refractivity contribution < 1.29 is 9.90 Å². The maximum Gasteiger partial charge on any atom is 0.257 e. The molecule has 0 atom stereocenters. The van der Waals surface area contributed by atoms with Crippen LogP contribution in [0, 0.1) is 13.8 Å². The Morgan fingerprint density at radius 3 is 2.17 bits per heavy atom. The molecule has 0 bridgehead atoms. The Labute approximate surface area is 138 Å². The average Bonchev–Trinajstić information content (AvgIpc) is 2.52. The average molecular weight is 312 g/mol. The third kappa shape index (κ3) is 3.65. The quantitative estimate of drug-likeness (QED) is 0.941. The van der Waals surface area contributed by atoms with Crippen LogP contribution < -0.4 is 4.90 Å². The summed E-state index contributed by atoms with van der Waals surface area (Å²) in [6.07, 6.45) is 0. The number of rotatable bonds is 4. The van der Waals surface area contributed by atoms with Gasteiger partial charge in [0.2, 0.25) is 0 Å². The van der Waals surface area contributed by atoms with Crippen LogP contribution in [0.5, 0.6) is 5.75 Å². The molecule has 0 saturated carbocycles. The maximum absolute atomic E-state index is 12.6. The Kier molecular flexibility index (Phi) is 4.94. The minimum absolute atomic E-state index is 0.0739. The molecule has 4 heteroatoms. The second-order valence-electron chi connectivity index (χ2n) is 6.13. The first-order valence-corrected chi connectivity index (χ1v) is 7.62. The summed E-state index contributed by atoms with van der Waals surface area (Å²) >= 11 is 0. The summed E-state index contributed by atoms with van der Waals surface area (Å²) in [6.45, 7) is 4.24. The van der Waals surface area contributed by atoms with E-state index in [1.54, 1.807) is 18.0 Å². The summed E-state index contributed by atoms with van der Waals surface area (Å²) in [5.41, 5.74) is 4.24. The number of carbonyl (C=O) groups excluding carboxylic acids is 1. The highest BCUT2D eigenvalue weighted by molar-refractivity contribution is 5.97. The fourth-order valence-corrected chi connectivity index (χ4v) is 2.42. The summed E-state index contributed by atoms with van der Waals surface area (Å²) in [5.74, 6) is -0.105. The first kappa shape index (κ1) is 16.9. The Morgan fingerprint density at radius 2 is 1.61 bits per heavy atom. The van der Waals surface area contributed by atoms with Crippen LogP contribution in [-0.2, 0) is 6.54 Å². The van der Waals surface area contributed by atoms with Crippen molar-refractivity contribution in [3.05, 3.63) is 58.7 Å². The van der Waals surface area contributed by atoms with Crippen molar-refractivity contribution >= 4 is 11.6 Å². The fraction of sp³-hybridized carbons (Fsp3) is 0.316. The molecule has 23 heavy (non-hydrogen) atoms. The van der Waals surface area contributed by atoms with Gasteiger partial charge in [-0.1, -0.05) is 18.2 Å². The van der Waals surface area contributed by atoms with Crippen molar-refractivity contribution in [3.8, 4) is 5.75 Å². The molecule has 1 N–H and O–H groups in total. The van der Waals surface area contributed by atoms with Gasteiger partial charge < -0.3 is 14.9 Å². The van der Waals surface area contributed by atoms with Gasteiger partial charge in [-0.05, 0) is 48.7 Å². The van der Waals surface area contributed by atoms with E-state index in [2.05, 4.69) is 0 Å². The van der Waals surface area contributed by atoms with Crippen LogP contribution in [0.4, 0.5) is 5.69 Å². The lowest BCUT2D eigenvalue weighted by molar-refractivity contribution is 0.0782. The van der Waals surface area contributed by atoms with E-state index in [1.165, 1.54) is 0 Å². The summed E-state index contributed by atoms with van der Waals surface area (Å²) in [7, 11) is 5.73. The van der Waals surface area contributed by atoms with Crippen LogP contribution in [0.1, 0.15) is 27.0 Å². The second-order valence-corrected chi connectivity index (χ2v) is 6.13. The Bertz CT molecular complexity index is 706. The molecule has 0 heterocycles. The first-order chi connectivity index (χ1) is 10.8. The lowest BCUT2D eigenvalue weighted by atomic mass is 10.0. The minimum atomic E-state index is -0.178. The maximum atomic E-state index is 12.6. The molecule has 4 nitrogen and oxygen atoms in total. The Hall–Kier alpha value is -2.49. The lowest BCUT2D eigenvalue weighted by Crippen LogP contribution is -2.26. The molecule has 0 aliphatic carbocycles. The Balaban J connectivity index is 2.15. The van der Waals surface area contributed by atoms with Gasteiger partial charge in [-0.2, -0.15) is 0 Å². The van der Waals surface area contributed by atoms with Gasteiger partial charge in [-0.3, -0.25) is 4.79 Å². The summed E-state index contributed by atoms with van der Waals surface area (Å²) in [4.78, 5) is 16.2. The van der Waals surface area contributed by atoms with Gasteiger partial charge >= 0.3 is 0 Å². The highest BCUT2D eigenvalue weighted by Gasteiger charge is 2.18. The standard InChI is InChI=1S/C19H24N2O2/c1-13-6-11-17(18(22)14(13)2)19(23)21(5)12-15-7-9-16(10-8-15)20(3)4/h6-11,22H,12H2,1-5H3. The second kappa shape index (κ2) is 6.73. The number of aromatic hydroxyl groups is 1. The van der Waals surface area contributed by atoms with Gasteiger partial charge in [0.05, 0.1) is 5.56 Å². The number of aryl methyl sites for hydroxylation is 1. The molecule has 2 rings (SSSR count). The topological polar surface area (TPSA) is 43.8 Å². The van der Waals surface area contributed by atoms with Crippen molar-refractivity contribution in [2.24, 2.45) is 0 Å². The number of anilines is 1. The van der Waals surface area contributed by atoms with Gasteiger partial charge in [0.1, 0.15) is 5.75 Å². The van der Waals surface area contributed by atoms with Crippen LogP contribution in [0.3, 0.4) is 0 Å². The molecular formula is C19H24N2O2. The number of phenols is 1. The van der Waals surface area contributed by atoms with E-state index in [0.29, 0.717) is 12.1 Å². The van der Waals surface area contributed by atoms with Gasteiger partial charge in [-0.15, -0.1) is 0 Å². The molecule has 0 aromatic heterocycles. The zero-order chi connectivity index (χ0) is 17.1. The van der Waals surface area contributed by atoms with E-state index in [1.807, 2.05) is 63.2 Å². The molecule has 2 aromatic carbocycles. The van der Waals surface area contributed by atoms with Crippen LogP contribution in [0.2, 0.25) is 0 Å². The highest BCUT2D eigenvalue weighted by atomic mass is 16.3. The van der Waals surface area contributed by atoms with E-state index in [-0.39, 0.29) is 11.7 Å². The summed E-state index contributed by atoms with van der Waals surface area (Å²) in [5, 5.41) is 10.2. The predicted molar refractivity (Wildman–Crippen MR) is 94.1 cm³/mol. The monoisotopic (exact) mass is 312 g/mol. The van der Waals surface area contributed by atoms with Crippen molar-refractivity contribution in [1.82, 2.24) is 4.90 Å². The molecule has 0 saturated heterocycles. The third-order valence-corrected chi connectivity index (χ3v) is 4.15. The van der Waals surface area contributed by atoms with Crippen LogP contribution in [0.25, 0.3) is 0 Å².